The van der Waals surface area contributed by atoms with Gasteiger partial charge in [-0.2, -0.15) is 0 Å². The molecule has 0 bridgehead atoms. The first-order chi connectivity index (χ1) is 6.92. The summed E-state index contributed by atoms with van der Waals surface area (Å²) < 4.78 is 0. The molecule has 70 valence electrons. The van der Waals surface area contributed by atoms with Crippen molar-refractivity contribution in [2.45, 2.75) is 13.3 Å². The Morgan fingerprint density at radius 3 is 2.57 bits per heavy atom. The molecule has 0 saturated carbocycles. The second-order valence-electron chi connectivity index (χ2n) is 3.09. The van der Waals surface area contributed by atoms with Crippen LogP contribution >= 0.6 is 0 Å². The summed E-state index contributed by atoms with van der Waals surface area (Å²) in [4.78, 5) is 8.36. The molecule has 14 heavy (non-hydrogen) atoms. The Morgan fingerprint density at radius 2 is 1.86 bits per heavy atom. The van der Waals surface area contributed by atoms with Crippen LogP contribution in [-0.2, 0) is 6.42 Å². The van der Waals surface area contributed by atoms with Gasteiger partial charge in [0.25, 0.3) is 0 Å². The highest BCUT2D eigenvalue weighted by Gasteiger charge is 2.02. The molecule has 0 unspecified atom stereocenters. The van der Waals surface area contributed by atoms with Crippen LogP contribution < -0.4 is 0 Å². The minimum absolute atomic E-state index is 0.957. The van der Waals surface area contributed by atoms with Gasteiger partial charge in [0.1, 0.15) is 0 Å². The average molecular weight is 184 g/mol. The second-order valence-corrected chi connectivity index (χ2v) is 3.09. The number of hydrogen-bond acceptors (Lipinski definition) is 2. The largest absolute Gasteiger partial charge is 0.265 e. The van der Waals surface area contributed by atoms with Crippen LogP contribution in [0.15, 0.2) is 42.9 Å². The van der Waals surface area contributed by atoms with Gasteiger partial charge in [0, 0.05) is 29.8 Å². The molecule has 2 aromatic rings. The third kappa shape index (κ3) is 1.64. The van der Waals surface area contributed by atoms with Gasteiger partial charge in [-0.05, 0) is 30.2 Å². The van der Waals surface area contributed by atoms with Gasteiger partial charge in [-0.3, -0.25) is 9.97 Å². The van der Waals surface area contributed by atoms with E-state index in [4.69, 9.17) is 0 Å². The summed E-state index contributed by atoms with van der Waals surface area (Å²) in [6, 6.07) is 8.09. The minimum atomic E-state index is 0.957. The Hall–Kier alpha value is -1.70. The molecular formula is C12H12N2. The smallest absolute Gasteiger partial charge is 0.0479 e. The Kier molecular flexibility index (Phi) is 2.54. The lowest BCUT2D eigenvalue weighted by atomic mass is 10.0. The molecule has 0 atom stereocenters. The van der Waals surface area contributed by atoms with Gasteiger partial charge in [-0.25, -0.2) is 0 Å². The van der Waals surface area contributed by atoms with Crippen molar-refractivity contribution in [1.29, 1.82) is 0 Å². The molecule has 2 rings (SSSR count). The van der Waals surface area contributed by atoms with E-state index in [1.54, 1.807) is 0 Å². The van der Waals surface area contributed by atoms with Gasteiger partial charge in [0.15, 0.2) is 0 Å². The summed E-state index contributed by atoms with van der Waals surface area (Å²) in [5.41, 5.74) is 3.53. The summed E-state index contributed by atoms with van der Waals surface area (Å²) in [5, 5.41) is 0. The zero-order chi connectivity index (χ0) is 9.80. The van der Waals surface area contributed by atoms with Gasteiger partial charge in [0.05, 0.1) is 0 Å². The van der Waals surface area contributed by atoms with Crippen molar-refractivity contribution in [2.75, 3.05) is 0 Å². The molecule has 2 heteroatoms. The number of nitrogens with zero attached hydrogens (tertiary/aromatic N) is 2. The van der Waals surface area contributed by atoms with Gasteiger partial charge < -0.3 is 0 Å². The first kappa shape index (κ1) is 8.88. The van der Waals surface area contributed by atoms with Crippen LogP contribution in [0, 0.1) is 0 Å². The van der Waals surface area contributed by atoms with Gasteiger partial charge in [-0.1, -0.05) is 13.0 Å². The van der Waals surface area contributed by atoms with Crippen LogP contribution in [0.5, 0.6) is 0 Å². The predicted molar refractivity (Wildman–Crippen MR) is 56.8 cm³/mol. The molecule has 2 heterocycles. The van der Waals surface area contributed by atoms with E-state index in [0.29, 0.717) is 0 Å². The Labute approximate surface area is 83.7 Å². The number of rotatable bonds is 2. The van der Waals surface area contributed by atoms with Crippen molar-refractivity contribution in [2.24, 2.45) is 0 Å². The van der Waals surface area contributed by atoms with Crippen LogP contribution in [-0.4, -0.2) is 9.97 Å². The zero-order valence-electron chi connectivity index (χ0n) is 8.14. The third-order valence-electron chi connectivity index (χ3n) is 2.22. The lowest BCUT2D eigenvalue weighted by molar-refractivity contribution is 1.04. The van der Waals surface area contributed by atoms with Gasteiger partial charge >= 0.3 is 0 Å². The van der Waals surface area contributed by atoms with Crippen LogP contribution in [0.4, 0.5) is 0 Å². The maximum atomic E-state index is 4.35. The normalized spacial score (nSPS) is 10.1. The molecule has 0 radical (unpaired) electrons. The summed E-state index contributed by atoms with van der Waals surface area (Å²) in [6.07, 6.45) is 6.41. The molecule has 0 spiro atoms. The Morgan fingerprint density at radius 1 is 1.07 bits per heavy atom. The first-order valence-corrected chi connectivity index (χ1v) is 4.76. The van der Waals surface area contributed by atoms with E-state index in [1.165, 1.54) is 11.1 Å². The molecule has 2 aromatic heterocycles. The maximum absolute atomic E-state index is 4.35. The SMILES string of the molecule is CCc1ncccc1-c1ccncc1. The lowest BCUT2D eigenvalue weighted by Crippen LogP contribution is -1.90. The minimum Gasteiger partial charge on any atom is -0.265 e. The molecule has 0 aliphatic rings. The fourth-order valence-electron chi connectivity index (χ4n) is 1.51. The highest BCUT2D eigenvalue weighted by Crippen LogP contribution is 2.21. The highest BCUT2D eigenvalue weighted by molar-refractivity contribution is 5.64. The van der Waals surface area contributed by atoms with Crippen LogP contribution in [0.3, 0.4) is 0 Å². The summed E-state index contributed by atoms with van der Waals surface area (Å²) >= 11 is 0. The molecule has 0 aliphatic heterocycles. The predicted octanol–water partition coefficient (Wildman–Crippen LogP) is 2.71. The number of pyridine rings is 2. The van der Waals surface area contributed by atoms with Crippen LogP contribution in [0.1, 0.15) is 12.6 Å². The van der Waals surface area contributed by atoms with E-state index in [1.807, 2.05) is 36.8 Å². The number of aryl methyl sites for hydroxylation is 1. The fraction of sp³-hybridized carbons (Fsp3) is 0.167. The highest BCUT2D eigenvalue weighted by atomic mass is 14.7. The Bertz CT molecular complexity index is 410. The van der Waals surface area contributed by atoms with Crippen molar-refractivity contribution in [3.8, 4) is 11.1 Å². The van der Waals surface area contributed by atoms with Crippen molar-refractivity contribution in [3.05, 3.63) is 48.5 Å². The van der Waals surface area contributed by atoms with Crippen LogP contribution in [0.25, 0.3) is 11.1 Å². The first-order valence-electron chi connectivity index (χ1n) is 4.76. The van der Waals surface area contributed by atoms with E-state index in [0.717, 1.165) is 12.1 Å². The van der Waals surface area contributed by atoms with E-state index < -0.39 is 0 Å². The molecular weight excluding hydrogens is 172 g/mol. The summed E-state index contributed by atoms with van der Waals surface area (Å²) in [5.74, 6) is 0. The fourth-order valence-corrected chi connectivity index (χ4v) is 1.51. The molecule has 0 aromatic carbocycles. The molecule has 2 nitrogen and oxygen atoms in total. The van der Waals surface area contributed by atoms with Crippen molar-refractivity contribution < 1.29 is 0 Å². The maximum Gasteiger partial charge on any atom is 0.0479 e. The van der Waals surface area contributed by atoms with E-state index in [-0.39, 0.29) is 0 Å². The average Bonchev–Trinajstić information content (AvgIpc) is 2.30. The summed E-state index contributed by atoms with van der Waals surface area (Å²) in [7, 11) is 0. The van der Waals surface area contributed by atoms with E-state index in [2.05, 4.69) is 23.0 Å². The second kappa shape index (κ2) is 4.01. The molecule has 0 amide bonds. The molecule has 0 N–H and O–H groups in total. The van der Waals surface area contributed by atoms with Gasteiger partial charge in [0.2, 0.25) is 0 Å². The monoisotopic (exact) mass is 184 g/mol. The number of aromatic nitrogens is 2. The molecule has 0 aliphatic carbocycles. The molecule has 0 fully saturated rings. The lowest BCUT2D eigenvalue weighted by Gasteiger charge is -2.05. The quantitative estimate of drug-likeness (QED) is 0.717. The van der Waals surface area contributed by atoms with Crippen molar-refractivity contribution in [1.82, 2.24) is 9.97 Å². The van der Waals surface area contributed by atoms with E-state index >= 15 is 0 Å². The number of hydrogen-bond donors (Lipinski definition) is 0. The topological polar surface area (TPSA) is 25.8 Å². The van der Waals surface area contributed by atoms with Crippen molar-refractivity contribution in [3.63, 3.8) is 0 Å². The Balaban J connectivity index is 2.51. The van der Waals surface area contributed by atoms with Crippen molar-refractivity contribution >= 4 is 0 Å². The molecule has 0 saturated heterocycles. The van der Waals surface area contributed by atoms with E-state index in [9.17, 15) is 0 Å². The van der Waals surface area contributed by atoms with Gasteiger partial charge in [-0.15, -0.1) is 0 Å². The standard InChI is InChI=1S/C12H12N2/c1-2-12-11(4-3-7-14-12)10-5-8-13-9-6-10/h3-9H,2H2,1H3. The third-order valence-corrected chi connectivity index (χ3v) is 2.22. The summed E-state index contributed by atoms with van der Waals surface area (Å²) in [6.45, 7) is 2.12. The van der Waals surface area contributed by atoms with Crippen LogP contribution in [0.2, 0.25) is 0 Å². The zero-order valence-corrected chi connectivity index (χ0v) is 8.14.